The van der Waals surface area contributed by atoms with Crippen LogP contribution in [0.15, 0.2) is 53.7 Å². The first kappa shape index (κ1) is 21.4. The fraction of sp³-hybridized carbons (Fsp3) is 0.200. The van der Waals surface area contributed by atoms with Gasteiger partial charge >= 0.3 is 6.61 Å². The molecule has 0 spiro atoms. The Morgan fingerprint density at radius 2 is 1.87 bits per heavy atom. The van der Waals surface area contributed by atoms with Gasteiger partial charge in [0.05, 0.1) is 18.7 Å². The molecule has 30 heavy (non-hydrogen) atoms. The number of hydrogen-bond donors (Lipinski definition) is 3. The van der Waals surface area contributed by atoms with E-state index in [-0.39, 0.29) is 11.5 Å². The molecule has 0 saturated heterocycles. The van der Waals surface area contributed by atoms with Crippen LogP contribution in [0.4, 0.5) is 18.9 Å². The number of allylic oxidation sites excluding steroid dienone is 1. The highest BCUT2D eigenvalue weighted by Gasteiger charge is 2.30. The van der Waals surface area contributed by atoms with Crippen molar-refractivity contribution in [1.29, 1.82) is 0 Å². The lowest BCUT2D eigenvalue weighted by Crippen LogP contribution is -2.45. The third-order valence-electron chi connectivity index (χ3n) is 4.35. The van der Waals surface area contributed by atoms with Crippen molar-refractivity contribution in [3.05, 3.63) is 65.1 Å². The summed E-state index contributed by atoms with van der Waals surface area (Å²) in [6.45, 7) is -1.32. The number of ether oxygens (including phenoxy) is 2. The summed E-state index contributed by atoms with van der Waals surface area (Å²) < 4.78 is 47.9. The summed E-state index contributed by atoms with van der Waals surface area (Å²) in [6.07, 6.45) is 0. The Labute approximate surface area is 176 Å². The molecular weight excluding hydrogens is 419 g/mol. The van der Waals surface area contributed by atoms with Crippen LogP contribution in [-0.4, -0.2) is 24.7 Å². The Morgan fingerprint density at radius 1 is 1.17 bits per heavy atom. The van der Waals surface area contributed by atoms with Gasteiger partial charge in [-0.1, -0.05) is 6.07 Å². The molecule has 0 bridgehead atoms. The zero-order chi connectivity index (χ0) is 21.8. The SMILES string of the molecule is COc1cc(C2NC(=S)NC(C)=C2C(=O)Nc2ccc(F)cc2)ccc1OC(F)F. The number of thiocarbonyl (C=S) groups is 1. The van der Waals surface area contributed by atoms with Crippen molar-refractivity contribution < 1.29 is 27.4 Å². The van der Waals surface area contributed by atoms with Crippen LogP contribution in [0.3, 0.4) is 0 Å². The number of amides is 1. The Morgan fingerprint density at radius 3 is 2.50 bits per heavy atom. The quantitative estimate of drug-likeness (QED) is 0.596. The highest BCUT2D eigenvalue weighted by atomic mass is 32.1. The summed E-state index contributed by atoms with van der Waals surface area (Å²) in [5, 5.41) is 8.89. The molecule has 0 radical (unpaired) electrons. The van der Waals surface area contributed by atoms with E-state index in [9.17, 15) is 18.0 Å². The van der Waals surface area contributed by atoms with Gasteiger partial charge in [-0.05, 0) is 61.1 Å². The summed E-state index contributed by atoms with van der Waals surface area (Å²) in [5.41, 5.74) is 1.78. The van der Waals surface area contributed by atoms with Crippen molar-refractivity contribution in [2.45, 2.75) is 19.6 Å². The number of anilines is 1. The van der Waals surface area contributed by atoms with Crippen molar-refractivity contribution in [3.8, 4) is 11.5 Å². The molecule has 3 N–H and O–H groups in total. The predicted octanol–water partition coefficient (Wildman–Crippen LogP) is 3.87. The molecule has 0 fully saturated rings. The van der Waals surface area contributed by atoms with Gasteiger partial charge in [-0.2, -0.15) is 8.78 Å². The summed E-state index contributed by atoms with van der Waals surface area (Å²) in [5.74, 6) is -0.926. The molecule has 1 aliphatic heterocycles. The molecule has 1 heterocycles. The lowest BCUT2D eigenvalue weighted by molar-refractivity contribution is -0.113. The van der Waals surface area contributed by atoms with Crippen LogP contribution in [0.1, 0.15) is 18.5 Å². The Bertz CT molecular complexity index is 997. The van der Waals surface area contributed by atoms with Crippen molar-refractivity contribution in [2.24, 2.45) is 0 Å². The number of methoxy groups -OCH3 is 1. The average molecular weight is 437 g/mol. The number of nitrogens with one attached hydrogen (secondary N) is 3. The van der Waals surface area contributed by atoms with Crippen LogP contribution >= 0.6 is 12.2 Å². The molecule has 158 valence electrons. The molecular formula is C20H18F3N3O3S. The van der Waals surface area contributed by atoms with Gasteiger partial charge in [0, 0.05) is 11.4 Å². The average Bonchev–Trinajstić information content (AvgIpc) is 2.69. The van der Waals surface area contributed by atoms with E-state index in [4.69, 9.17) is 17.0 Å². The maximum atomic E-state index is 13.1. The van der Waals surface area contributed by atoms with Crippen molar-refractivity contribution in [1.82, 2.24) is 10.6 Å². The summed E-state index contributed by atoms with van der Waals surface area (Å²) in [4.78, 5) is 13.0. The van der Waals surface area contributed by atoms with E-state index in [0.717, 1.165) is 0 Å². The van der Waals surface area contributed by atoms with Crippen LogP contribution in [0.2, 0.25) is 0 Å². The topological polar surface area (TPSA) is 71.6 Å². The van der Waals surface area contributed by atoms with Gasteiger partial charge in [0.1, 0.15) is 5.82 Å². The van der Waals surface area contributed by atoms with Gasteiger partial charge in [-0.15, -0.1) is 0 Å². The third kappa shape index (κ3) is 4.82. The van der Waals surface area contributed by atoms with Gasteiger partial charge in [0.25, 0.3) is 5.91 Å². The second-order valence-electron chi connectivity index (χ2n) is 6.32. The third-order valence-corrected chi connectivity index (χ3v) is 4.57. The van der Waals surface area contributed by atoms with Gasteiger partial charge in [-0.25, -0.2) is 4.39 Å². The summed E-state index contributed by atoms with van der Waals surface area (Å²) >= 11 is 5.20. The zero-order valence-electron chi connectivity index (χ0n) is 16.0. The van der Waals surface area contributed by atoms with E-state index in [1.54, 1.807) is 6.92 Å². The molecule has 1 unspecified atom stereocenters. The number of hydrogen-bond acceptors (Lipinski definition) is 4. The van der Waals surface area contributed by atoms with E-state index >= 15 is 0 Å². The van der Waals surface area contributed by atoms with Crippen molar-refractivity contribution in [2.75, 3.05) is 12.4 Å². The Kier molecular flexibility index (Phi) is 6.46. The number of carbonyl (C=O) groups excluding carboxylic acids is 1. The molecule has 1 amide bonds. The monoisotopic (exact) mass is 437 g/mol. The molecule has 2 aromatic rings. The van der Waals surface area contributed by atoms with Gasteiger partial charge < -0.3 is 25.4 Å². The molecule has 0 aromatic heterocycles. The van der Waals surface area contributed by atoms with Gasteiger partial charge in [0.2, 0.25) is 0 Å². The van der Waals surface area contributed by atoms with E-state index in [2.05, 4.69) is 20.7 Å². The molecule has 0 aliphatic carbocycles. The molecule has 0 saturated carbocycles. The first-order valence-corrected chi connectivity index (χ1v) is 9.17. The molecule has 3 rings (SSSR count). The van der Waals surface area contributed by atoms with Gasteiger partial charge in [0.15, 0.2) is 16.6 Å². The largest absolute Gasteiger partial charge is 0.493 e. The standard InChI is InChI=1S/C20H18F3N3O3S/c1-10-16(18(27)25-13-6-4-12(21)5-7-13)17(26-20(30)24-10)11-3-8-14(29-19(22)23)15(9-11)28-2/h3-9,17,19H,1-2H3,(H,25,27)(H2,24,26,30). The number of rotatable bonds is 6. The minimum absolute atomic E-state index is 0.0787. The summed E-state index contributed by atoms with van der Waals surface area (Å²) in [7, 11) is 1.32. The van der Waals surface area contributed by atoms with Crippen LogP contribution in [0.5, 0.6) is 11.5 Å². The number of benzene rings is 2. The number of alkyl halides is 2. The highest BCUT2D eigenvalue weighted by molar-refractivity contribution is 7.80. The smallest absolute Gasteiger partial charge is 0.387 e. The van der Waals surface area contributed by atoms with Crippen LogP contribution < -0.4 is 25.4 Å². The van der Waals surface area contributed by atoms with Gasteiger partial charge in [-0.3, -0.25) is 4.79 Å². The fourth-order valence-electron chi connectivity index (χ4n) is 3.03. The minimum Gasteiger partial charge on any atom is -0.493 e. The number of halogens is 3. The Hall–Kier alpha value is -3.27. The molecule has 2 aromatic carbocycles. The lowest BCUT2D eigenvalue weighted by atomic mass is 9.94. The molecule has 6 nitrogen and oxygen atoms in total. The molecule has 10 heteroatoms. The maximum Gasteiger partial charge on any atom is 0.387 e. The fourth-order valence-corrected chi connectivity index (χ4v) is 3.30. The van der Waals surface area contributed by atoms with Crippen molar-refractivity contribution >= 4 is 28.9 Å². The first-order chi connectivity index (χ1) is 14.3. The second-order valence-corrected chi connectivity index (χ2v) is 6.73. The zero-order valence-corrected chi connectivity index (χ0v) is 16.8. The van der Waals surface area contributed by atoms with Crippen molar-refractivity contribution in [3.63, 3.8) is 0 Å². The Balaban J connectivity index is 1.95. The number of carbonyl (C=O) groups is 1. The first-order valence-electron chi connectivity index (χ1n) is 8.76. The van der Waals surface area contributed by atoms with Crippen LogP contribution in [0.25, 0.3) is 0 Å². The second kappa shape index (κ2) is 9.04. The van der Waals surface area contributed by atoms with Crippen LogP contribution in [-0.2, 0) is 4.79 Å². The van der Waals surface area contributed by atoms with E-state index in [1.807, 2.05) is 0 Å². The normalized spacial score (nSPS) is 16.1. The van der Waals surface area contributed by atoms with E-state index in [1.165, 1.54) is 49.6 Å². The molecule has 1 atom stereocenters. The maximum absolute atomic E-state index is 13.1. The summed E-state index contributed by atoms with van der Waals surface area (Å²) in [6, 6.07) is 9.00. The van der Waals surface area contributed by atoms with E-state index in [0.29, 0.717) is 27.6 Å². The lowest BCUT2D eigenvalue weighted by Gasteiger charge is -2.30. The molecule has 1 aliphatic rings. The minimum atomic E-state index is -3.01. The van der Waals surface area contributed by atoms with E-state index < -0.39 is 24.4 Å². The predicted molar refractivity (Wildman–Crippen MR) is 109 cm³/mol. The highest BCUT2D eigenvalue weighted by Crippen LogP contribution is 2.35. The van der Waals surface area contributed by atoms with Crippen LogP contribution in [0, 0.1) is 5.82 Å².